The Morgan fingerprint density at radius 2 is 2.09 bits per heavy atom. The molecule has 0 aliphatic heterocycles. The Kier molecular flexibility index (Phi) is 4.88. The molecule has 0 atom stereocenters. The second-order valence-electron chi connectivity index (χ2n) is 5.46. The van der Waals surface area contributed by atoms with E-state index in [-0.39, 0.29) is 36.1 Å². The van der Waals surface area contributed by atoms with E-state index in [1.807, 2.05) is 0 Å². The highest BCUT2D eigenvalue weighted by Crippen LogP contribution is 2.29. The molecule has 6 nitrogen and oxygen atoms in total. The summed E-state index contributed by atoms with van der Waals surface area (Å²) in [6, 6.07) is 4.09. The molecule has 0 saturated heterocycles. The van der Waals surface area contributed by atoms with Crippen molar-refractivity contribution in [3.63, 3.8) is 0 Å². The summed E-state index contributed by atoms with van der Waals surface area (Å²) in [6.45, 7) is 3.67. The van der Waals surface area contributed by atoms with Gasteiger partial charge in [-0.25, -0.2) is 4.39 Å². The number of carboxylic acid groups (broad SMARTS) is 1. The van der Waals surface area contributed by atoms with Crippen LogP contribution in [0.2, 0.25) is 0 Å². The fourth-order valence-electron chi connectivity index (χ4n) is 2.42. The van der Waals surface area contributed by atoms with Crippen LogP contribution in [0, 0.1) is 5.82 Å². The Morgan fingerprint density at radius 1 is 1.39 bits per heavy atom. The van der Waals surface area contributed by atoms with Crippen LogP contribution in [0.4, 0.5) is 4.39 Å². The van der Waals surface area contributed by atoms with Gasteiger partial charge in [0.1, 0.15) is 17.3 Å². The van der Waals surface area contributed by atoms with Crippen molar-refractivity contribution in [1.29, 1.82) is 0 Å². The monoisotopic (exact) mass is 322 g/mol. The number of amides is 1. The Balaban J connectivity index is 2.39. The van der Waals surface area contributed by atoms with E-state index >= 15 is 0 Å². The molecule has 0 fully saturated rings. The molecule has 0 spiro atoms. The summed E-state index contributed by atoms with van der Waals surface area (Å²) in [4.78, 5) is 27.6. The Morgan fingerprint density at radius 3 is 2.65 bits per heavy atom. The molecule has 0 bridgehead atoms. The van der Waals surface area contributed by atoms with Crippen LogP contribution in [-0.2, 0) is 4.79 Å². The van der Waals surface area contributed by atoms with Crippen LogP contribution in [0.3, 0.4) is 0 Å². The van der Waals surface area contributed by atoms with Crippen molar-refractivity contribution in [1.82, 2.24) is 9.88 Å². The molecular formula is C16H19FN2O4. The lowest BCUT2D eigenvalue weighted by Gasteiger charge is -2.25. The van der Waals surface area contributed by atoms with E-state index in [4.69, 9.17) is 9.84 Å². The number of rotatable bonds is 6. The number of aliphatic carboxylic acids is 1. The molecule has 0 radical (unpaired) electrons. The van der Waals surface area contributed by atoms with Crippen LogP contribution in [0.1, 0.15) is 30.8 Å². The number of aromatic nitrogens is 1. The zero-order valence-corrected chi connectivity index (χ0v) is 13.2. The van der Waals surface area contributed by atoms with Crippen molar-refractivity contribution in [2.24, 2.45) is 0 Å². The molecule has 1 aromatic heterocycles. The van der Waals surface area contributed by atoms with Gasteiger partial charge in [0.2, 0.25) is 0 Å². The number of halogens is 1. The summed E-state index contributed by atoms with van der Waals surface area (Å²) < 4.78 is 19.1. The molecule has 1 heterocycles. The van der Waals surface area contributed by atoms with Gasteiger partial charge in [-0.05, 0) is 32.0 Å². The van der Waals surface area contributed by atoms with Crippen LogP contribution in [0.5, 0.6) is 5.75 Å². The maximum Gasteiger partial charge on any atom is 0.305 e. The van der Waals surface area contributed by atoms with Gasteiger partial charge < -0.3 is 19.7 Å². The Bertz CT molecular complexity index is 739. The van der Waals surface area contributed by atoms with Gasteiger partial charge in [0, 0.05) is 18.0 Å². The quantitative estimate of drug-likeness (QED) is 0.856. The maximum absolute atomic E-state index is 13.9. The molecule has 0 aliphatic carbocycles. The summed E-state index contributed by atoms with van der Waals surface area (Å²) in [5, 5.41) is 9.27. The summed E-state index contributed by atoms with van der Waals surface area (Å²) in [5.41, 5.74) is 0.386. The van der Waals surface area contributed by atoms with Crippen LogP contribution < -0.4 is 4.74 Å². The van der Waals surface area contributed by atoms with Crippen molar-refractivity contribution in [3.8, 4) is 5.75 Å². The largest absolute Gasteiger partial charge is 0.496 e. The van der Waals surface area contributed by atoms with Gasteiger partial charge in [-0.2, -0.15) is 0 Å². The minimum atomic E-state index is -0.979. The molecule has 2 rings (SSSR count). The smallest absolute Gasteiger partial charge is 0.305 e. The second-order valence-corrected chi connectivity index (χ2v) is 5.46. The highest BCUT2D eigenvalue weighted by atomic mass is 19.1. The van der Waals surface area contributed by atoms with Gasteiger partial charge in [0.15, 0.2) is 0 Å². The molecule has 1 amide bonds. The maximum atomic E-state index is 13.9. The van der Waals surface area contributed by atoms with Crippen molar-refractivity contribution in [2.45, 2.75) is 26.3 Å². The zero-order valence-electron chi connectivity index (χ0n) is 13.2. The van der Waals surface area contributed by atoms with E-state index in [0.717, 1.165) is 0 Å². The Hall–Kier alpha value is -2.57. The molecule has 1 aromatic carbocycles. The SMILES string of the molecule is COc1ccc(F)c2[nH]c(C(=O)N(CCC(=O)O)C(C)C)cc12. The molecule has 23 heavy (non-hydrogen) atoms. The number of nitrogens with zero attached hydrogens (tertiary/aromatic N) is 1. The summed E-state index contributed by atoms with van der Waals surface area (Å²) in [5.74, 6) is -1.38. The van der Waals surface area contributed by atoms with E-state index in [2.05, 4.69) is 4.98 Å². The number of methoxy groups -OCH3 is 1. The fourth-order valence-corrected chi connectivity index (χ4v) is 2.42. The van der Waals surface area contributed by atoms with Crippen molar-refractivity contribution >= 4 is 22.8 Å². The van der Waals surface area contributed by atoms with Crippen molar-refractivity contribution < 1.29 is 23.8 Å². The molecule has 7 heteroatoms. The lowest BCUT2D eigenvalue weighted by atomic mass is 10.2. The highest BCUT2D eigenvalue weighted by Gasteiger charge is 2.22. The number of carbonyl (C=O) groups is 2. The first-order valence-electron chi connectivity index (χ1n) is 7.23. The van der Waals surface area contributed by atoms with Gasteiger partial charge in [0.05, 0.1) is 19.0 Å². The number of hydrogen-bond donors (Lipinski definition) is 2. The standard InChI is InChI=1S/C16H19FN2O4/c1-9(2)19(7-6-14(20)21)16(22)12-8-10-13(23-3)5-4-11(17)15(10)18-12/h4-5,8-9,18H,6-7H2,1-3H3,(H,20,21). The van der Waals surface area contributed by atoms with Crippen molar-refractivity contribution in [3.05, 3.63) is 29.7 Å². The van der Waals surface area contributed by atoms with Gasteiger partial charge in [0.25, 0.3) is 5.91 Å². The van der Waals surface area contributed by atoms with E-state index < -0.39 is 11.8 Å². The molecule has 0 aliphatic rings. The van der Waals surface area contributed by atoms with Gasteiger partial charge >= 0.3 is 5.97 Å². The van der Waals surface area contributed by atoms with Crippen molar-refractivity contribution in [2.75, 3.05) is 13.7 Å². The number of H-pyrrole nitrogens is 1. The normalized spacial score (nSPS) is 11.0. The van der Waals surface area contributed by atoms with Crippen LogP contribution in [-0.4, -0.2) is 46.6 Å². The lowest BCUT2D eigenvalue weighted by molar-refractivity contribution is -0.137. The number of nitrogens with one attached hydrogen (secondary N) is 1. The van der Waals surface area contributed by atoms with Gasteiger partial charge in [-0.3, -0.25) is 9.59 Å². The Labute approximate surface area is 132 Å². The number of aromatic amines is 1. The third-order valence-electron chi connectivity index (χ3n) is 3.60. The number of hydrogen-bond acceptors (Lipinski definition) is 3. The van der Waals surface area contributed by atoms with E-state index in [1.165, 1.54) is 30.2 Å². The van der Waals surface area contributed by atoms with Crippen LogP contribution >= 0.6 is 0 Å². The topological polar surface area (TPSA) is 82.6 Å². The fraction of sp³-hybridized carbons (Fsp3) is 0.375. The number of fused-ring (bicyclic) bond motifs is 1. The number of ether oxygens (including phenoxy) is 1. The molecule has 0 saturated carbocycles. The van der Waals surface area contributed by atoms with E-state index in [1.54, 1.807) is 13.8 Å². The summed E-state index contributed by atoms with van der Waals surface area (Å²) in [6.07, 6.45) is -0.151. The van der Waals surface area contributed by atoms with Gasteiger partial charge in [-0.1, -0.05) is 0 Å². The molecule has 0 unspecified atom stereocenters. The first-order chi connectivity index (χ1) is 10.8. The van der Waals surface area contributed by atoms with E-state index in [9.17, 15) is 14.0 Å². The van der Waals surface area contributed by atoms with Crippen LogP contribution in [0.25, 0.3) is 10.9 Å². The second kappa shape index (κ2) is 6.68. The minimum absolute atomic E-state index is 0.0841. The molecular weight excluding hydrogens is 303 g/mol. The zero-order chi connectivity index (χ0) is 17.1. The lowest BCUT2D eigenvalue weighted by Crippen LogP contribution is -2.38. The third kappa shape index (κ3) is 3.44. The average Bonchev–Trinajstić information content (AvgIpc) is 2.93. The van der Waals surface area contributed by atoms with Gasteiger partial charge in [-0.15, -0.1) is 0 Å². The summed E-state index contributed by atoms with van der Waals surface area (Å²) >= 11 is 0. The number of benzene rings is 1. The first-order valence-corrected chi connectivity index (χ1v) is 7.23. The number of carboxylic acids is 1. The highest BCUT2D eigenvalue weighted by molar-refractivity contribution is 6.00. The molecule has 2 N–H and O–H groups in total. The predicted molar refractivity (Wildman–Crippen MR) is 83.2 cm³/mol. The minimum Gasteiger partial charge on any atom is -0.496 e. The average molecular weight is 322 g/mol. The molecule has 124 valence electrons. The summed E-state index contributed by atoms with van der Waals surface area (Å²) in [7, 11) is 1.47. The molecule has 2 aromatic rings. The third-order valence-corrected chi connectivity index (χ3v) is 3.60. The van der Waals surface area contributed by atoms with Crippen LogP contribution in [0.15, 0.2) is 18.2 Å². The predicted octanol–water partition coefficient (Wildman–Crippen LogP) is 2.64. The first kappa shape index (κ1) is 16.8. The van der Waals surface area contributed by atoms with E-state index in [0.29, 0.717) is 11.1 Å². The number of carbonyl (C=O) groups excluding carboxylic acids is 1.